The third-order valence-corrected chi connectivity index (χ3v) is 1.72. The van der Waals surface area contributed by atoms with Crippen LogP contribution in [0.2, 0.25) is 0 Å². The van der Waals surface area contributed by atoms with Crippen molar-refractivity contribution in [2.75, 3.05) is 7.11 Å². The Morgan fingerprint density at radius 1 is 1.38 bits per heavy atom. The van der Waals surface area contributed by atoms with Gasteiger partial charge in [0, 0.05) is 5.56 Å². The highest BCUT2D eigenvalue weighted by Crippen LogP contribution is 2.17. The van der Waals surface area contributed by atoms with Gasteiger partial charge in [0.15, 0.2) is 0 Å². The maximum atomic E-state index is 13.1. The number of hydrogen-bond acceptors (Lipinski definition) is 2. The molecule has 0 heterocycles. The fourth-order valence-corrected chi connectivity index (χ4v) is 1.09. The number of benzene rings is 1. The molecule has 0 saturated carbocycles. The molecular weight excluding hydrogens is 176 g/mol. The zero-order valence-electron chi connectivity index (χ0n) is 7.47. The summed E-state index contributed by atoms with van der Waals surface area (Å²) in [5.41, 5.74) is 2.77. The summed E-state index contributed by atoms with van der Waals surface area (Å²) >= 11 is 0. The summed E-state index contributed by atoms with van der Waals surface area (Å²) in [5.74, 6) is -0.903. The van der Waals surface area contributed by atoms with Gasteiger partial charge >= 0.3 is 0 Å². The van der Waals surface area contributed by atoms with Crippen LogP contribution in [0.25, 0.3) is 0 Å². The lowest BCUT2D eigenvalue weighted by Gasteiger charge is -2.12. The van der Waals surface area contributed by atoms with Crippen molar-refractivity contribution >= 4 is 0 Å². The van der Waals surface area contributed by atoms with Gasteiger partial charge in [0.05, 0.1) is 13.2 Å². The molecule has 72 valence electrons. The molecule has 0 amide bonds. The highest BCUT2D eigenvalue weighted by Gasteiger charge is 2.10. The largest absolute Gasteiger partial charge is 0.305 e. The molecular formula is C9H11F2NO. The summed E-state index contributed by atoms with van der Waals surface area (Å²) < 4.78 is 25.8. The second kappa shape index (κ2) is 4.30. The van der Waals surface area contributed by atoms with Crippen molar-refractivity contribution in [1.82, 2.24) is 5.48 Å². The van der Waals surface area contributed by atoms with E-state index >= 15 is 0 Å². The summed E-state index contributed by atoms with van der Waals surface area (Å²) in [6, 6.07) is 2.95. The number of halogens is 2. The number of hydrogen-bond donors (Lipinski definition) is 1. The van der Waals surface area contributed by atoms with Crippen LogP contribution in [0.5, 0.6) is 0 Å². The third kappa shape index (κ3) is 2.47. The molecule has 0 aliphatic carbocycles. The minimum Gasteiger partial charge on any atom is -0.305 e. The molecule has 0 aliphatic rings. The first-order valence-electron chi connectivity index (χ1n) is 3.88. The fourth-order valence-electron chi connectivity index (χ4n) is 1.09. The summed E-state index contributed by atoms with van der Waals surface area (Å²) in [5, 5.41) is 0. The predicted molar refractivity (Wildman–Crippen MR) is 44.9 cm³/mol. The van der Waals surface area contributed by atoms with Crippen molar-refractivity contribution in [3.05, 3.63) is 35.4 Å². The molecule has 0 aromatic heterocycles. The van der Waals surface area contributed by atoms with E-state index in [0.717, 1.165) is 18.2 Å². The zero-order valence-corrected chi connectivity index (χ0v) is 7.47. The van der Waals surface area contributed by atoms with Crippen LogP contribution in [0.4, 0.5) is 8.78 Å². The van der Waals surface area contributed by atoms with Gasteiger partial charge in [-0.3, -0.25) is 0 Å². The maximum Gasteiger partial charge on any atom is 0.128 e. The van der Waals surface area contributed by atoms with Crippen molar-refractivity contribution in [1.29, 1.82) is 0 Å². The van der Waals surface area contributed by atoms with Crippen molar-refractivity contribution in [3.63, 3.8) is 0 Å². The van der Waals surface area contributed by atoms with Crippen molar-refractivity contribution in [2.45, 2.75) is 13.0 Å². The SMILES string of the molecule is CONC(C)c1cc(F)ccc1F. The van der Waals surface area contributed by atoms with Crippen LogP contribution in [0.3, 0.4) is 0 Å². The predicted octanol–water partition coefficient (Wildman–Crippen LogP) is 2.18. The molecule has 0 bridgehead atoms. The lowest BCUT2D eigenvalue weighted by molar-refractivity contribution is 0.0647. The monoisotopic (exact) mass is 187 g/mol. The van der Waals surface area contributed by atoms with E-state index in [4.69, 9.17) is 0 Å². The summed E-state index contributed by atoms with van der Waals surface area (Å²) in [6.07, 6.45) is 0. The highest BCUT2D eigenvalue weighted by atomic mass is 19.1. The number of hydroxylamine groups is 1. The van der Waals surface area contributed by atoms with Crippen LogP contribution < -0.4 is 5.48 Å². The van der Waals surface area contributed by atoms with E-state index in [1.54, 1.807) is 6.92 Å². The van der Waals surface area contributed by atoms with Crippen LogP contribution in [0, 0.1) is 11.6 Å². The van der Waals surface area contributed by atoms with Gasteiger partial charge in [-0.1, -0.05) is 0 Å². The molecule has 13 heavy (non-hydrogen) atoms. The van der Waals surface area contributed by atoms with Crippen molar-refractivity contribution in [3.8, 4) is 0 Å². The second-order valence-corrected chi connectivity index (χ2v) is 2.71. The molecule has 2 nitrogen and oxygen atoms in total. The average molecular weight is 187 g/mol. The Morgan fingerprint density at radius 2 is 2.08 bits per heavy atom. The zero-order chi connectivity index (χ0) is 9.84. The van der Waals surface area contributed by atoms with E-state index in [2.05, 4.69) is 10.3 Å². The van der Waals surface area contributed by atoms with Gasteiger partial charge in [0.1, 0.15) is 11.6 Å². The lowest BCUT2D eigenvalue weighted by atomic mass is 10.1. The topological polar surface area (TPSA) is 21.3 Å². The third-order valence-electron chi connectivity index (χ3n) is 1.72. The van der Waals surface area contributed by atoms with E-state index in [1.165, 1.54) is 7.11 Å². The van der Waals surface area contributed by atoms with Crippen LogP contribution in [-0.2, 0) is 4.84 Å². The smallest absolute Gasteiger partial charge is 0.128 e. The van der Waals surface area contributed by atoms with Gasteiger partial charge in [-0.05, 0) is 25.1 Å². The maximum absolute atomic E-state index is 13.1. The minimum atomic E-state index is -0.457. The molecule has 0 saturated heterocycles. The van der Waals surface area contributed by atoms with E-state index in [-0.39, 0.29) is 11.6 Å². The summed E-state index contributed by atoms with van der Waals surface area (Å²) in [7, 11) is 1.42. The van der Waals surface area contributed by atoms with Crippen LogP contribution in [0.15, 0.2) is 18.2 Å². The van der Waals surface area contributed by atoms with Crippen LogP contribution in [0.1, 0.15) is 18.5 Å². The first-order valence-corrected chi connectivity index (χ1v) is 3.88. The van der Waals surface area contributed by atoms with Crippen molar-refractivity contribution in [2.24, 2.45) is 0 Å². The average Bonchev–Trinajstić information content (AvgIpc) is 2.09. The molecule has 1 N–H and O–H groups in total. The highest BCUT2D eigenvalue weighted by molar-refractivity contribution is 5.21. The number of nitrogens with one attached hydrogen (secondary N) is 1. The van der Waals surface area contributed by atoms with Gasteiger partial charge in [0.2, 0.25) is 0 Å². The van der Waals surface area contributed by atoms with E-state index in [1.807, 2.05) is 0 Å². The van der Waals surface area contributed by atoms with E-state index in [0.29, 0.717) is 0 Å². The molecule has 1 atom stereocenters. The molecule has 1 rings (SSSR count). The first kappa shape index (κ1) is 10.1. The Morgan fingerprint density at radius 3 is 2.69 bits per heavy atom. The second-order valence-electron chi connectivity index (χ2n) is 2.71. The Hall–Kier alpha value is -1.00. The van der Waals surface area contributed by atoms with E-state index < -0.39 is 11.6 Å². The van der Waals surface area contributed by atoms with E-state index in [9.17, 15) is 8.78 Å². The van der Waals surface area contributed by atoms with Crippen molar-refractivity contribution < 1.29 is 13.6 Å². The van der Waals surface area contributed by atoms with Gasteiger partial charge in [0.25, 0.3) is 0 Å². The normalized spacial score (nSPS) is 12.9. The van der Waals surface area contributed by atoms with Crippen LogP contribution >= 0.6 is 0 Å². The lowest BCUT2D eigenvalue weighted by Crippen LogP contribution is -2.18. The molecule has 0 radical (unpaired) electrons. The van der Waals surface area contributed by atoms with Crippen LogP contribution in [-0.4, -0.2) is 7.11 Å². The van der Waals surface area contributed by atoms with Gasteiger partial charge in [-0.15, -0.1) is 0 Å². The molecule has 0 aliphatic heterocycles. The van der Waals surface area contributed by atoms with Gasteiger partial charge in [-0.25, -0.2) is 8.78 Å². The number of rotatable bonds is 3. The quantitative estimate of drug-likeness (QED) is 0.732. The minimum absolute atomic E-state index is 0.252. The Kier molecular flexibility index (Phi) is 3.33. The fraction of sp³-hybridized carbons (Fsp3) is 0.333. The van der Waals surface area contributed by atoms with Gasteiger partial charge < -0.3 is 4.84 Å². The molecule has 0 fully saturated rings. The summed E-state index contributed by atoms with van der Waals surface area (Å²) in [6.45, 7) is 1.68. The Labute approximate surface area is 75.5 Å². The Bertz CT molecular complexity index is 291. The van der Waals surface area contributed by atoms with Gasteiger partial charge in [-0.2, -0.15) is 5.48 Å². The molecule has 1 unspecified atom stereocenters. The Balaban J connectivity index is 2.91. The molecule has 1 aromatic carbocycles. The standard InChI is InChI=1S/C9H11F2NO/c1-6(12-13-2)8-5-7(10)3-4-9(8)11/h3-6,12H,1-2H3. The summed E-state index contributed by atoms with van der Waals surface area (Å²) in [4.78, 5) is 4.61. The molecule has 4 heteroatoms. The molecule has 1 aromatic rings. The molecule has 0 spiro atoms. The first-order chi connectivity index (χ1) is 6.15.